The Labute approximate surface area is 186 Å². The molecule has 0 saturated carbocycles. The van der Waals surface area contributed by atoms with E-state index in [0.29, 0.717) is 12.2 Å². The molecule has 1 heterocycles. The van der Waals surface area contributed by atoms with Crippen LogP contribution in [0, 0.1) is 6.92 Å². The van der Waals surface area contributed by atoms with Crippen LogP contribution >= 0.6 is 0 Å². The largest absolute Gasteiger partial charge is 0.350 e. The zero-order valence-corrected chi connectivity index (χ0v) is 19.5. The van der Waals surface area contributed by atoms with Crippen molar-refractivity contribution in [3.05, 3.63) is 65.2 Å². The van der Waals surface area contributed by atoms with Crippen LogP contribution in [0.1, 0.15) is 42.9 Å². The number of amides is 1. The molecule has 1 N–H and O–H groups in total. The maximum atomic E-state index is 12.8. The van der Waals surface area contributed by atoms with Crippen molar-refractivity contribution in [3.8, 4) is 0 Å². The van der Waals surface area contributed by atoms with Crippen LogP contribution in [0.15, 0.2) is 48.5 Å². The van der Waals surface area contributed by atoms with Crippen molar-refractivity contribution in [2.24, 2.45) is 0 Å². The van der Waals surface area contributed by atoms with Crippen molar-refractivity contribution in [1.29, 1.82) is 0 Å². The highest BCUT2D eigenvalue weighted by atomic mass is 32.2. The van der Waals surface area contributed by atoms with Gasteiger partial charge in [-0.25, -0.2) is 8.42 Å². The number of carbonyl (C=O) groups is 1. The van der Waals surface area contributed by atoms with Gasteiger partial charge in [0.1, 0.15) is 6.04 Å². The summed E-state index contributed by atoms with van der Waals surface area (Å²) >= 11 is 0. The Balaban J connectivity index is 1.60. The number of benzene rings is 2. The first kappa shape index (κ1) is 23.3. The molecule has 0 unspecified atom stereocenters. The van der Waals surface area contributed by atoms with E-state index in [2.05, 4.69) is 22.3 Å². The van der Waals surface area contributed by atoms with E-state index in [1.807, 2.05) is 31.2 Å². The van der Waals surface area contributed by atoms with Gasteiger partial charge in [0, 0.05) is 13.1 Å². The molecule has 1 aliphatic heterocycles. The fraction of sp³-hybridized carbons (Fsp3) is 0.458. The summed E-state index contributed by atoms with van der Waals surface area (Å²) in [7, 11) is -3.61. The fourth-order valence-corrected chi connectivity index (χ4v) is 5.15. The number of hydrogen-bond acceptors (Lipinski definition) is 4. The zero-order valence-electron chi connectivity index (χ0n) is 18.7. The maximum Gasteiger partial charge on any atom is 0.243 e. The molecule has 7 heteroatoms. The zero-order chi connectivity index (χ0) is 22.4. The molecule has 1 saturated heterocycles. The third-order valence-electron chi connectivity index (χ3n) is 5.72. The number of likely N-dealkylation sites (tertiary alicyclic amines) is 1. The van der Waals surface area contributed by atoms with E-state index < -0.39 is 16.1 Å². The smallest absolute Gasteiger partial charge is 0.243 e. The van der Waals surface area contributed by atoms with Crippen molar-refractivity contribution in [2.45, 2.75) is 52.2 Å². The van der Waals surface area contributed by atoms with Crippen molar-refractivity contribution in [2.75, 3.05) is 23.7 Å². The lowest BCUT2D eigenvalue weighted by Crippen LogP contribution is -2.47. The lowest BCUT2D eigenvalue weighted by atomic mass is 10.1. The van der Waals surface area contributed by atoms with E-state index in [9.17, 15) is 13.2 Å². The van der Waals surface area contributed by atoms with Crippen molar-refractivity contribution >= 4 is 21.6 Å². The van der Waals surface area contributed by atoms with E-state index in [1.165, 1.54) is 29.1 Å². The molecule has 31 heavy (non-hydrogen) atoms. The lowest BCUT2D eigenvalue weighted by molar-refractivity contribution is -0.122. The lowest BCUT2D eigenvalue weighted by Gasteiger charge is -2.28. The van der Waals surface area contributed by atoms with Crippen molar-refractivity contribution in [3.63, 3.8) is 0 Å². The summed E-state index contributed by atoms with van der Waals surface area (Å²) in [6.07, 6.45) is 5.00. The average molecular weight is 444 g/mol. The second kappa shape index (κ2) is 10.3. The van der Waals surface area contributed by atoms with Crippen LogP contribution in [0.4, 0.5) is 5.69 Å². The van der Waals surface area contributed by atoms with E-state index >= 15 is 0 Å². The minimum absolute atomic E-state index is 0.330. The molecule has 2 aromatic carbocycles. The molecule has 0 aliphatic carbocycles. The molecule has 0 radical (unpaired) electrons. The second-order valence-corrected chi connectivity index (χ2v) is 10.3. The van der Waals surface area contributed by atoms with Crippen LogP contribution in [-0.4, -0.2) is 44.6 Å². The minimum Gasteiger partial charge on any atom is -0.350 e. The Morgan fingerprint density at radius 1 is 1.00 bits per heavy atom. The highest BCUT2D eigenvalue weighted by Crippen LogP contribution is 2.21. The fourth-order valence-electron chi connectivity index (χ4n) is 3.98. The van der Waals surface area contributed by atoms with Gasteiger partial charge in [-0.3, -0.25) is 14.0 Å². The number of nitrogens with zero attached hydrogens (tertiary/aromatic N) is 2. The van der Waals surface area contributed by atoms with Gasteiger partial charge in [0.25, 0.3) is 0 Å². The summed E-state index contributed by atoms with van der Waals surface area (Å²) < 4.78 is 25.9. The Hall–Kier alpha value is -2.38. The summed E-state index contributed by atoms with van der Waals surface area (Å²) in [5.41, 5.74) is 3.77. The van der Waals surface area contributed by atoms with E-state index in [0.717, 1.165) is 37.0 Å². The third kappa shape index (κ3) is 6.55. The number of aryl methyl sites for hydroxylation is 1. The minimum atomic E-state index is -3.61. The van der Waals surface area contributed by atoms with Crippen molar-refractivity contribution < 1.29 is 13.2 Å². The summed E-state index contributed by atoms with van der Waals surface area (Å²) in [5, 5.41) is 2.88. The van der Waals surface area contributed by atoms with Gasteiger partial charge < -0.3 is 5.32 Å². The van der Waals surface area contributed by atoms with Gasteiger partial charge in [-0.1, -0.05) is 48.4 Å². The first-order chi connectivity index (χ1) is 14.7. The van der Waals surface area contributed by atoms with Crippen LogP contribution < -0.4 is 9.62 Å². The number of sulfonamides is 1. The molecule has 1 fully saturated rings. The maximum absolute atomic E-state index is 12.8. The van der Waals surface area contributed by atoms with Gasteiger partial charge in [-0.15, -0.1) is 0 Å². The molecular formula is C24H33N3O3S. The molecule has 1 aliphatic rings. The van der Waals surface area contributed by atoms with E-state index in [1.54, 1.807) is 19.1 Å². The predicted molar refractivity (Wildman–Crippen MR) is 125 cm³/mol. The molecule has 0 aromatic heterocycles. The average Bonchev–Trinajstić information content (AvgIpc) is 2.74. The summed E-state index contributed by atoms with van der Waals surface area (Å²) in [5.74, 6) is -0.330. The molecule has 2 aromatic rings. The Morgan fingerprint density at radius 3 is 2.16 bits per heavy atom. The molecule has 1 atom stereocenters. The first-order valence-electron chi connectivity index (χ1n) is 10.9. The van der Waals surface area contributed by atoms with Crippen LogP contribution in [0.25, 0.3) is 0 Å². The SMILES string of the molecule is Cc1ccc(N([C@@H](C)C(=O)NCc2ccc(CN3CCCCC3)cc2)S(C)(=O)=O)cc1. The highest BCUT2D eigenvalue weighted by Gasteiger charge is 2.28. The Bertz CT molecular complexity index is 966. The van der Waals surface area contributed by atoms with Gasteiger partial charge in [0.2, 0.25) is 15.9 Å². The highest BCUT2D eigenvalue weighted by molar-refractivity contribution is 7.92. The Morgan fingerprint density at radius 2 is 1.58 bits per heavy atom. The van der Waals surface area contributed by atoms with Crippen LogP contribution in [0.2, 0.25) is 0 Å². The van der Waals surface area contributed by atoms with Gasteiger partial charge in [-0.2, -0.15) is 0 Å². The van der Waals surface area contributed by atoms with Gasteiger partial charge in [-0.05, 0) is 63.0 Å². The normalized spacial score (nSPS) is 16.0. The number of hydrogen-bond donors (Lipinski definition) is 1. The van der Waals surface area contributed by atoms with E-state index in [-0.39, 0.29) is 5.91 Å². The quantitative estimate of drug-likeness (QED) is 0.678. The first-order valence-corrected chi connectivity index (χ1v) is 12.7. The van der Waals surface area contributed by atoms with Crippen LogP contribution in [0.5, 0.6) is 0 Å². The molecular weight excluding hydrogens is 410 g/mol. The number of anilines is 1. The molecule has 168 valence electrons. The monoisotopic (exact) mass is 443 g/mol. The van der Waals surface area contributed by atoms with Crippen molar-refractivity contribution in [1.82, 2.24) is 10.2 Å². The summed E-state index contributed by atoms with van der Waals surface area (Å²) in [6, 6.07) is 14.5. The van der Waals surface area contributed by atoms with Gasteiger partial charge in [0.15, 0.2) is 0 Å². The molecule has 3 rings (SSSR count). The summed E-state index contributed by atoms with van der Waals surface area (Å²) in [4.78, 5) is 15.2. The van der Waals surface area contributed by atoms with Gasteiger partial charge in [0.05, 0.1) is 11.9 Å². The number of rotatable bonds is 8. The van der Waals surface area contributed by atoms with Crippen LogP contribution in [0.3, 0.4) is 0 Å². The number of nitrogens with one attached hydrogen (secondary N) is 1. The number of piperidine rings is 1. The van der Waals surface area contributed by atoms with Crippen LogP contribution in [-0.2, 0) is 27.9 Å². The molecule has 0 spiro atoms. The van der Waals surface area contributed by atoms with Gasteiger partial charge >= 0.3 is 0 Å². The second-order valence-electron chi connectivity index (χ2n) is 8.44. The third-order valence-corrected chi connectivity index (χ3v) is 6.96. The predicted octanol–water partition coefficient (Wildman–Crippen LogP) is 3.45. The standard InChI is InChI=1S/C24H33N3O3S/c1-19-7-13-23(14-8-19)27(31(3,29)30)20(2)24(28)25-17-21-9-11-22(12-10-21)18-26-15-5-4-6-16-26/h7-14,20H,4-6,15-18H2,1-3H3,(H,25,28)/t20-/m0/s1. The molecule has 1 amide bonds. The number of carbonyl (C=O) groups excluding carboxylic acids is 1. The summed E-state index contributed by atoms with van der Waals surface area (Å²) in [6.45, 7) is 7.18. The topological polar surface area (TPSA) is 69.7 Å². The molecule has 6 nitrogen and oxygen atoms in total. The van der Waals surface area contributed by atoms with E-state index in [4.69, 9.17) is 0 Å². The Kier molecular flexibility index (Phi) is 7.73. The molecule has 0 bridgehead atoms.